The minimum atomic E-state index is -0.266. The highest BCUT2D eigenvalue weighted by Gasteiger charge is 2.30. The highest BCUT2D eigenvalue weighted by molar-refractivity contribution is 7.10. The zero-order valence-electron chi connectivity index (χ0n) is 18.3. The van der Waals surface area contributed by atoms with E-state index in [1.807, 2.05) is 28.5 Å². The van der Waals surface area contributed by atoms with E-state index in [1.165, 1.54) is 17.7 Å². The molecular weight excluding hydrogens is 437 g/mol. The number of hydrogen-bond donors (Lipinski definition) is 0. The first-order valence-electron chi connectivity index (χ1n) is 11.4. The van der Waals surface area contributed by atoms with Gasteiger partial charge in [0.15, 0.2) is 0 Å². The van der Waals surface area contributed by atoms with Crippen LogP contribution in [0, 0.1) is 5.82 Å². The quantitative estimate of drug-likeness (QED) is 0.506. The summed E-state index contributed by atoms with van der Waals surface area (Å²) >= 11 is 1.56. The van der Waals surface area contributed by atoms with Gasteiger partial charge in [-0.05, 0) is 68.1 Å². The monoisotopic (exact) mass is 463 g/mol. The largest absolute Gasteiger partial charge is 0.306 e. The van der Waals surface area contributed by atoms with Gasteiger partial charge in [-0.3, -0.25) is 9.69 Å². The first-order valence-corrected chi connectivity index (χ1v) is 12.3. The van der Waals surface area contributed by atoms with Crippen molar-refractivity contribution in [1.82, 2.24) is 9.88 Å². The average Bonchev–Trinajstić information content (AvgIpc) is 3.51. The molecule has 2 aliphatic heterocycles. The molecule has 0 N–H and O–H groups in total. The summed E-state index contributed by atoms with van der Waals surface area (Å²) in [6.07, 6.45) is 4.27. The molecular formula is C26H26FN3O2S. The van der Waals surface area contributed by atoms with Crippen LogP contribution in [-0.2, 0) is 17.6 Å². The van der Waals surface area contributed by atoms with E-state index in [-0.39, 0.29) is 17.8 Å². The van der Waals surface area contributed by atoms with Crippen molar-refractivity contribution in [1.29, 1.82) is 0 Å². The van der Waals surface area contributed by atoms with Crippen LogP contribution >= 0.6 is 11.3 Å². The Bertz CT molecular complexity index is 1140. The summed E-state index contributed by atoms with van der Waals surface area (Å²) in [6.45, 7) is 2.31. The third-order valence-corrected chi connectivity index (χ3v) is 7.74. The molecule has 1 amide bonds. The molecule has 5 nitrogen and oxygen atoms in total. The van der Waals surface area contributed by atoms with Crippen LogP contribution in [0.25, 0.3) is 0 Å². The second-order valence-electron chi connectivity index (χ2n) is 8.75. The molecule has 0 saturated carbocycles. The van der Waals surface area contributed by atoms with Gasteiger partial charge in [-0.1, -0.05) is 30.3 Å². The Morgan fingerprint density at radius 3 is 2.64 bits per heavy atom. The fourth-order valence-electron chi connectivity index (χ4n) is 4.86. The van der Waals surface area contributed by atoms with Crippen molar-refractivity contribution in [3.05, 3.63) is 81.6 Å². The van der Waals surface area contributed by atoms with Crippen LogP contribution in [-0.4, -0.2) is 47.8 Å². The van der Waals surface area contributed by atoms with Gasteiger partial charge in [-0.25, -0.2) is 9.37 Å². The zero-order chi connectivity index (χ0) is 22.8. The Kier molecular flexibility index (Phi) is 6.33. The SMILES string of the molecule is O=CC(Cc1ccc(F)cc1)N1CCC(c2nc(C(=O)N3CCc4ccccc43)cs2)CC1. The molecule has 7 heteroatoms. The van der Waals surface area contributed by atoms with Crippen molar-refractivity contribution >= 4 is 29.2 Å². The van der Waals surface area contributed by atoms with E-state index in [0.717, 1.165) is 54.9 Å². The maximum atomic E-state index is 13.2. The molecule has 0 spiro atoms. The fraction of sp³-hybridized carbons (Fsp3) is 0.346. The van der Waals surface area contributed by atoms with Crippen molar-refractivity contribution in [2.24, 2.45) is 0 Å². The van der Waals surface area contributed by atoms with Crippen LogP contribution < -0.4 is 4.90 Å². The second-order valence-corrected chi connectivity index (χ2v) is 9.64. The van der Waals surface area contributed by atoms with E-state index in [9.17, 15) is 14.0 Å². The topological polar surface area (TPSA) is 53.5 Å². The lowest BCUT2D eigenvalue weighted by Gasteiger charge is -2.34. The van der Waals surface area contributed by atoms with Crippen LogP contribution in [0.5, 0.6) is 0 Å². The van der Waals surface area contributed by atoms with Crippen molar-refractivity contribution in [3.63, 3.8) is 0 Å². The van der Waals surface area contributed by atoms with Gasteiger partial charge in [0.25, 0.3) is 5.91 Å². The number of nitrogens with zero attached hydrogens (tertiary/aromatic N) is 3. The van der Waals surface area contributed by atoms with Gasteiger partial charge < -0.3 is 9.69 Å². The summed E-state index contributed by atoms with van der Waals surface area (Å²) in [6, 6.07) is 14.2. The average molecular weight is 464 g/mol. The molecule has 1 atom stereocenters. The first-order chi connectivity index (χ1) is 16.1. The maximum Gasteiger partial charge on any atom is 0.277 e. The smallest absolute Gasteiger partial charge is 0.277 e. The Labute approximate surface area is 196 Å². The van der Waals surface area contributed by atoms with Crippen LogP contribution in [0.1, 0.15) is 45.4 Å². The first kappa shape index (κ1) is 21.9. The van der Waals surface area contributed by atoms with Gasteiger partial charge in [0.1, 0.15) is 17.8 Å². The predicted molar refractivity (Wildman–Crippen MR) is 127 cm³/mol. The third kappa shape index (κ3) is 4.61. The number of para-hydroxylation sites is 1. The number of carbonyl (C=O) groups is 2. The lowest BCUT2D eigenvalue weighted by atomic mass is 9.95. The van der Waals surface area contributed by atoms with Crippen molar-refractivity contribution in [2.75, 3.05) is 24.5 Å². The summed E-state index contributed by atoms with van der Waals surface area (Å²) in [5, 5.41) is 2.89. The van der Waals surface area contributed by atoms with Gasteiger partial charge in [0, 0.05) is 23.5 Å². The zero-order valence-corrected chi connectivity index (χ0v) is 19.1. The third-order valence-electron chi connectivity index (χ3n) is 6.74. The van der Waals surface area contributed by atoms with Crippen LogP contribution in [0.4, 0.5) is 10.1 Å². The number of aromatic nitrogens is 1. The van der Waals surface area contributed by atoms with Crippen LogP contribution in [0.3, 0.4) is 0 Å². The molecule has 5 rings (SSSR count). The number of thiazole rings is 1. The minimum Gasteiger partial charge on any atom is -0.306 e. The molecule has 1 fully saturated rings. The molecule has 0 radical (unpaired) electrons. The van der Waals surface area contributed by atoms with E-state index < -0.39 is 0 Å². The number of halogens is 1. The number of fused-ring (bicyclic) bond motifs is 1. The molecule has 1 aromatic heterocycles. The summed E-state index contributed by atoms with van der Waals surface area (Å²) in [5.41, 5.74) is 3.68. The lowest BCUT2D eigenvalue weighted by molar-refractivity contribution is -0.112. The van der Waals surface area contributed by atoms with Crippen LogP contribution in [0.15, 0.2) is 53.9 Å². The molecule has 2 aromatic carbocycles. The number of carbonyl (C=O) groups excluding carboxylic acids is 2. The molecule has 3 aromatic rings. The Morgan fingerprint density at radius 1 is 1.12 bits per heavy atom. The van der Waals surface area contributed by atoms with E-state index in [1.54, 1.807) is 23.5 Å². The van der Waals surface area contributed by atoms with Gasteiger partial charge in [0.05, 0.1) is 11.0 Å². The van der Waals surface area contributed by atoms with Gasteiger partial charge in [-0.2, -0.15) is 0 Å². The summed E-state index contributed by atoms with van der Waals surface area (Å²) in [4.78, 5) is 33.6. The molecule has 33 heavy (non-hydrogen) atoms. The Balaban J connectivity index is 1.20. The number of amides is 1. The van der Waals surface area contributed by atoms with E-state index in [0.29, 0.717) is 24.6 Å². The molecule has 170 valence electrons. The minimum absolute atomic E-state index is 0.0276. The Morgan fingerprint density at radius 2 is 1.88 bits per heavy atom. The number of rotatable bonds is 6. The summed E-state index contributed by atoms with van der Waals surface area (Å²) in [7, 11) is 0. The highest BCUT2D eigenvalue weighted by Crippen LogP contribution is 2.33. The Hall–Kier alpha value is -2.90. The molecule has 3 heterocycles. The van der Waals surface area contributed by atoms with E-state index in [2.05, 4.69) is 11.0 Å². The number of hydrogen-bond acceptors (Lipinski definition) is 5. The number of benzene rings is 2. The maximum absolute atomic E-state index is 13.2. The standard InChI is InChI=1S/C26H26FN3O2S/c27-21-7-5-18(6-8-21)15-22(16-31)29-12-9-20(10-13-29)25-28-23(17-33-25)26(32)30-14-11-19-3-1-2-4-24(19)30/h1-8,16-17,20,22H,9-15H2. The molecule has 0 aliphatic carbocycles. The van der Waals surface area contributed by atoms with Gasteiger partial charge in [-0.15, -0.1) is 11.3 Å². The van der Waals surface area contributed by atoms with E-state index >= 15 is 0 Å². The molecule has 2 aliphatic rings. The lowest BCUT2D eigenvalue weighted by Crippen LogP contribution is -2.43. The van der Waals surface area contributed by atoms with Gasteiger partial charge >= 0.3 is 0 Å². The van der Waals surface area contributed by atoms with Crippen molar-refractivity contribution < 1.29 is 14.0 Å². The van der Waals surface area contributed by atoms with Gasteiger partial charge in [0.2, 0.25) is 0 Å². The molecule has 0 bridgehead atoms. The van der Waals surface area contributed by atoms with E-state index in [4.69, 9.17) is 4.98 Å². The normalized spacial score (nSPS) is 17.7. The molecule has 1 unspecified atom stereocenters. The second kappa shape index (κ2) is 9.53. The van der Waals surface area contributed by atoms with Crippen LogP contribution in [0.2, 0.25) is 0 Å². The fourth-order valence-corrected chi connectivity index (χ4v) is 5.83. The predicted octanol–water partition coefficient (Wildman–Crippen LogP) is 4.47. The number of aldehydes is 1. The molecule has 1 saturated heterocycles. The number of anilines is 1. The summed E-state index contributed by atoms with van der Waals surface area (Å²) in [5.74, 6) is 0.00875. The number of likely N-dealkylation sites (tertiary alicyclic amines) is 1. The van der Waals surface area contributed by atoms with Crippen molar-refractivity contribution in [2.45, 2.75) is 37.6 Å². The number of piperidine rings is 1. The summed E-state index contributed by atoms with van der Waals surface area (Å²) < 4.78 is 13.2. The van der Waals surface area contributed by atoms with Crippen molar-refractivity contribution in [3.8, 4) is 0 Å². The highest BCUT2D eigenvalue weighted by atomic mass is 32.1.